The number of hydrogen-bond acceptors (Lipinski definition) is 3. The zero-order chi connectivity index (χ0) is 15.0. The number of halogens is 2. The van der Waals surface area contributed by atoms with Crippen molar-refractivity contribution < 1.29 is 4.39 Å². The summed E-state index contributed by atoms with van der Waals surface area (Å²) < 4.78 is 13.5. The minimum absolute atomic E-state index is 0.305. The van der Waals surface area contributed by atoms with E-state index in [0.717, 1.165) is 5.56 Å². The maximum absolute atomic E-state index is 13.5. The maximum Gasteiger partial charge on any atom is 0.196 e. The monoisotopic (exact) mass is 303 g/mol. The third-order valence-electron chi connectivity index (χ3n) is 3.78. The molecule has 1 aliphatic rings. The first-order chi connectivity index (χ1) is 10.0. The second-order valence-corrected chi connectivity index (χ2v) is 5.71. The fourth-order valence-electron chi connectivity index (χ4n) is 2.71. The Morgan fingerprint density at radius 3 is 2.71 bits per heavy atom. The summed E-state index contributed by atoms with van der Waals surface area (Å²) in [4.78, 5) is 6.19. The van der Waals surface area contributed by atoms with Crippen molar-refractivity contribution in [3.8, 4) is 0 Å². The van der Waals surface area contributed by atoms with Crippen LogP contribution in [0.15, 0.2) is 53.5 Å². The van der Waals surface area contributed by atoms with Crippen LogP contribution in [0.5, 0.6) is 0 Å². The predicted molar refractivity (Wildman–Crippen MR) is 84.2 cm³/mol. The van der Waals surface area contributed by atoms with Crippen LogP contribution in [-0.2, 0) is 5.54 Å². The van der Waals surface area contributed by atoms with Gasteiger partial charge in [-0.05, 0) is 42.8 Å². The summed E-state index contributed by atoms with van der Waals surface area (Å²) in [7, 11) is 0. The van der Waals surface area contributed by atoms with Crippen LogP contribution in [0.3, 0.4) is 0 Å². The molecule has 108 valence electrons. The third kappa shape index (κ3) is 2.36. The second-order valence-electron chi connectivity index (χ2n) is 5.27. The Morgan fingerprint density at radius 2 is 2.00 bits per heavy atom. The molecule has 0 fully saturated rings. The molecule has 3 nitrogen and oxygen atoms in total. The number of rotatable bonds is 2. The van der Waals surface area contributed by atoms with Gasteiger partial charge in [0.25, 0.3) is 0 Å². The van der Waals surface area contributed by atoms with Gasteiger partial charge in [0.05, 0.1) is 12.1 Å². The lowest BCUT2D eigenvalue weighted by atomic mass is 9.90. The normalized spacial score (nSPS) is 21.5. The predicted octanol–water partition coefficient (Wildman–Crippen LogP) is 3.53. The van der Waals surface area contributed by atoms with Crippen molar-refractivity contribution in [1.29, 1.82) is 0 Å². The van der Waals surface area contributed by atoms with Crippen molar-refractivity contribution in [2.45, 2.75) is 12.5 Å². The number of guanidine groups is 1. The molecule has 2 aromatic carbocycles. The molecular formula is C16H15ClFN3. The van der Waals surface area contributed by atoms with Gasteiger partial charge in [0.2, 0.25) is 0 Å². The average Bonchev–Trinajstić information content (AvgIpc) is 2.76. The van der Waals surface area contributed by atoms with E-state index in [9.17, 15) is 4.39 Å². The average molecular weight is 304 g/mol. The molecule has 2 N–H and O–H groups in total. The van der Waals surface area contributed by atoms with Gasteiger partial charge in [-0.25, -0.2) is 4.39 Å². The number of nitrogens with zero attached hydrogens (tertiary/aromatic N) is 2. The number of nitrogens with two attached hydrogens (primary N) is 1. The Hall–Kier alpha value is -2.07. The van der Waals surface area contributed by atoms with Crippen LogP contribution in [-0.4, -0.2) is 12.5 Å². The van der Waals surface area contributed by atoms with Crippen molar-refractivity contribution in [2.75, 3.05) is 11.4 Å². The molecule has 21 heavy (non-hydrogen) atoms. The number of anilines is 1. The van der Waals surface area contributed by atoms with Crippen molar-refractivity contribution >= 4 is 23.2 Å². The molecule has 1 aliphatic heterocycles. The third-order valence-corrected chi connectivity index (χ3v) is 4.02. The number of benzene rings is 2. The highest BCUT2D eigenvalue weighted by Gasteiger charge is 2.40. The van der Waals surface area contributed by atoms with Gasteiger partial charge in [-0.3, -0.25) is 4.99 Å². The van der Waals surface area contributed by atoms with E-state index in [2.05, 4.69) is 4.99 Å². The molecule has 1 unspecified atom stereocenters. The van der Waals surface area contributed by atoms with E-state index in [1.807, 2.05) is 42.2 Å². The topological polar surface area (TPSA) is 41.6 Å². The highest BCUT2D eigenvalue weighted by Crippen LogP contribution is 2.37. The molecule has 0 spiro atoms. The van der Waals surface area contributed by atoms with Crippen molar-refractivity contribution in [3.63, 3.8) is 0 Å². The molecule has 1 atom stereocenters. The van der Waals surface area contributed by atoms with Gasteiger partial charge in [-0.2, -0.15) is 0 Å². The Balaban J connectivity index is 2.10. The van der Waals surface area contributed by atoms with E-state index in [4.69, 9.17) is 17.3 Å². The molecule has 3 rings (SSSR count). The zero-order valence-corrected chi connectivity index (χ0v) is 12.3. The summed E-state index contributed by atoms with van der Waals surface area (Å²) in [5.41, 5.74) is 7.22. The van der Waals surface area contributed by atoms with Gasteiger partial charge in [-0.1, -0.05) is 29.8 Å². The maximum atomic E-state index is 13.5. The van der Waals surface area contributed by atoms with Crippen LogP contribution in [0.25, 0.3) is 0 Å². The van der Waals surface area contributed by atoms with Gasteiger partial charge in [0, 0.05) is 10.7 Å². The number of hydrogen-bond donors (Lipinski definition) is 1. The highest BCUT2D eigenvalue weighted by atomic mass is 35.5. The molecule has 2 aromatic rings. The van der Waals surface area contributed by atoms with E-state index in [0.29, 0.717) is 23.2 Å². The van der Waals surface area contributed by atoms with Gasteiger partial charge in [0.15, 0.2) is 5.96 Å². The zero-order valence-electron chi connectivity index (χ0n) is 11.6. The van der Waals surface area contributed by atoms with E-state index in [1.165, 1.54) is 12.1 Å². The smallest absolute Gasteiger partial charge is 0.196 e. The molecular weight excluding hydrogens is 289 g/mol. The Bertz CT molecular complexity index is 716. The van der Waals surface area contributed by atoms with Crippen LogP contribution < -0.4 is 10.6 Å². The number of aliphatic imine (C=N–C) groups is 1. The van der Waals surface area contributed by atoms with Crippen LogP contribution in [0.2, 0.25) is 5.02 Å². The van der Waals surface area contributed by atoms with Gasteiger partial charge in [0.1, 0.15) is 5.82 Å². The molecule has 0 saturated heterocycles. The molecule has 0 bridgehead atoms. The van der Waals surface area contributed by atoms with E-state index >= 15 is 0 Å². The van der Waals surface area contributed by atoms with E-state index in [-0.39, 0.29) is 5.82 Å². The standard InChI is InChI=1S/C16H15ClFN3/c1-16(11-4-2-5-12(17)8-11)10-20-15(19)21(16)14-7-3-6-13(18)9-14/h2-9H,10H2,1H3,(H2,19,20). The first-order valence-electron chi connectivity index (χ1n) is 6.62. The van der Waals surface area contributed by atoms with Gasteiger partial charge < -0.3 is 10.6 Å². The molecule has 0 aromatic heterocycles. The first-order valence-corrected chi connectivity index (χ1v) is 7.00. The second kappa shape index (κ2) is 5.04. The molecule has 0 radical (unpaired) electrons. The Kier molecular flexibility index (Phi) is 3.33. The highest BCUT2D eigenvalue weighted by molar-refractivity contribution is 6.30. The lowest BCUT2D eigenvalue weighted by molar-refractivity contribution is 0.531. The summed E-state index contributed by atoms with van der Waals surface area (Å²) in [5.74, 6) is 0.0729. The minimum atomic E-state index is -0.483. The van der Waals surface area contributed by atoms with Crippen molar-refractivity contribution in [1.82, 2.24) is 0 Å². The first kappa shape index (κ1) is 13.9. The van der Waals surface area contributed by atoms with E-state index in [1.54, 1.807) is 6.07 Å². The quantitative estimate of drug-likeness (QED) is 0.922. The van der Waals surface area contributed by atoms with Crippen molar-refractivity contribution in [3.05, 3.63) is 64.9 Å². The molecule has 0 amide bonds. The van der Waals surface area contributed by atoms with Gasteiger partial charge in [-0.15, -0.1) is 0 Å². The fraction of sp³-hybridized carbons (Fsp3) is 0.188. The summed E-state index contributed by atoms with van der Waals surface area (Å²) in [5, 5.41) is 0.651. The summed E-state index contributed by atoms with van der Waals surface area (Å²) in [6, 6.07) is 13.9. The largest absolute Gasteiger partial charge is 0.369 e. The van der Waals surface area contributed by atoms with Crippen LogP contribution in [0.4, 0.5) is 10.1 Å². The van der Waals surface area contributed by atoms with Crippen molar-refractivity contribution in [2.24, 2.45) is 10.7 Å². The summed E-state index contributed by atoms with van der Waals surface area (Å²) >= 11 is 6.09. The SMILES string of the molecule is CC1(c2cccc(Cl)c2)CN=C(N)N1c1cccc(F)c1. The molecule has 1 heterocycles. The van der Waals surface area contributed by atoms with E-state index < -0.39 is 5.54 Å². The van der Waals surface area contributed by atoms with Gasteiger partial charge >= 0.3 is 0 Å². The molecule has 0 saturated carbocycles. The Morgan fingerprint density at radius 1 is 1.24 bits per heavy atom. The lowest BCUT2D eigenvalue weighted by Gasteiger charge is -2.36. The Labute approximate surface area is 127 Å². The minimum Gasteiger partial charge on any atom is -0.369 e. The summed E-state index contributed by atoms with van der Waals surface area (Å²) in [6.45, 7) is 2.52. The molecule has 0 aliphatic carbocycles. The van der Waals surface area contributed by atoms with Crippen LogP contribution in [0, 0.1) is 5.82 Å². The summed E-state index contributed by atoms with van der Waals surface area (Å²) in [6.07, 6.45) is 0. The molecule has 5 heteroatoms. The lowest BCUT2D eigenvalue weighted by Crippen LogP contribution is -2.47. The fourth-order valence-corrected chi connectivity index (χ4v) is 2.90. The van der Waals surface area contributed by atoms with Crippen LogP contribution >= 0.6 is 11.6 Å². The van der Waals surface area contributed by atoms with Crippen LogP contribution in [0.1, 0.15) is 12.5 Å².